The highest BCUT2D eigenvalue weighted by Crippen LogP contribution is 2.10. The fourth-order valence-electron chi connectivity index (χ4n) is 1.26. The van der Waals surface area contributed by atoms with Crippen molar-refractivity contribution >= 4 is 5.97 Å². The van der Waals surface area contributed by atoms with Crippen molar-refractivity contribution in [1.82, 2.24) is 0 Å². The van der Waals surface area contributed by atoms with Gasteiger partial charge in [0.25, 0.3) is 0 Å². The lowest BCUT2D eigenvalue weighted by atomic mass is 10.3. The second kappa shape index (κ2) is 7.06. The van der Waals surface area contributed by atoms with Crippen LogP contribution in [0.3, 0.4) is 0 Å². The minimum atomic E-state index is -0.352. The van der Waals surface area contributed by atoms with Crippen LogP contribution in [-0.2, 0) is 16.1 Å². The van der Waals surface area contributed by atoms with Gasteiger partial charge in [0, 0.05) is 0 Å². The van der Waals surface area contributed by atoms with Crippen LogP contribution >= 0.6 is 0 Å². The molecule has 0 N–H and O–H groups in total. The minimum absolute atomic E-state index is 0.253. The van der Waals surface area contributed by atoms with Crippen LogP contribution in [0.2, 0.25) is 0 Å². The van der Waals surface area contributed by atoms with E-state index < -0.39 is 0 Å². The zero-order chi connectivity index (χ0) is 11.8. The quantitative estimate of drug-likeness (QED) is 0.528. The molecule has 0 bridgehead atoms. The third-order valence-corrected chi connectivity index (χ3v) is 2.11. The summed E-state index contributed by atoms with van der Waals surface area (Å²) in [7, 11) is 3.23. The van der Waals surface area contributed by atoms with Crippen molar-refractivity contribution in [3.05, 3.63) is 30.8 Å². The number of hydrogen-bond donors (Lipinski definition) is 0. The van der Waals surface area contributed by atoms with Crippen LogP contribution in [0.15, 0.2) is 16.7 Å². The zero-order valence-corrected chi connectivity index (χ0v) is 9.53. The molecule has 1 aromatic rings. The lowest BCUT2D eigenvalue weighted by molar-refractivity contribution is 0.0497. The Morgan fingerprint density at radius 1 is 1.50 bits per heavy atom. The highest BCUT2D eigenvalue weighted by molar-refractivity contribution is 5.89. The summed E-state index contributed by atoms with van der Waals surface area (Å²) in [6.07, 6.45) is 4.44. The van der Waals surface area contributed by atoms with Crippen LogP contribution < -0.4 is 0 Å². The Morgan fingerprint density at radius 2 is 2.31 bits per heavy atom. The van der Waals surface area contributed by atoms with E-state index in [2.05, 4.69) is 18.8 Å². The van der Waals surface area contributed by atoms with E-state index in [9.17, 15) is 4.79 Å². The van der Waals surface area contributed by atoms with Gasteiger partial charge >= 0.3 is 5.97 Å². The number of rotatable bonds is 7. The summed E-state index contributed by atoms with van der Waals surface area (Å²) in [6, 6.07) is 1.60. The van der Waals surface area contributed by atoms with Crippen molar-refractivity contribution in [3.63, 3.8) is 0 Å². The zero-order valence-electron chi connectivity index (χ0n) is 9.53. The highest BCUT2D eigenvalue weighted by atomic mass is 16.5. The Bertz CT molecular complexity index is 317. The molecule has 0 aromatic carbocycles. The topological polar surface area (TPSA) is 48.7 Å². The molecule has 0 atom stereocenters. The molecule has 1 heterocycles. The van der Waals surface area contributed by atoms with Gasteiger partial charge in [-0.3, -0.25) is 0 Å². The van der Waals surface area contributed by atoms with Crippen molar-refractivity contribution in [1.29, 1.82) is 0 Å². The maximum absolute atomic E-state index is 11.5. The van der Waals surface area contributed by atoms with E-state index in [4.69, 9.17) is 9.15 Å². The second-order valence-electron chi connectivity index (χ2n) is 3.49. The third-order valence-electron chi connectivity index (χ3n) is 2.11. The molecule has 1 rings (SSSR count). The van der Waals surface area contributed by atoms with E-state index in [1.54, 1.807) is 6.07 Å². The molecule has 1 radical (unpaired) electrons. The molecule has 0 spiro atoms. The summed E-state index contributed by atoms with van der Waals surface area (Å²) in [6.45, 7) is 2.81. The molecule has 4 heteroatoms. The van der Waals surface area contributed by atoms with Gasteiger partial charge < -0.3 is 13.9 Å². The molecular weight excluding hydrogens is 208 g/mol. The SMILES string of the molecule is [CH2]OCc1cc(C(=O)OCCCCC)co1. The molecule has 1 aromatic heterocycles. The Hall–Kier alpha value is -1.29. The number of carbonyl (C=O) groups is 1. The number of hydrogen-bond acceptors (Lipinski definition) is 4. The van der Waals surface area contributed by atoms with E-state index in [0.29, 0.717) is 17.9 Å². The first-order chi connectivity index (χ1) is 7.77. The molecule has 0 amide bonds. The summed E-state index contributed by atoms with van der Waals surface area (Å²) in [4.78, 5) is 11.5. The summed E-state index contributed by atoms with van der Waals surface area (Å²) in [5.41, 5.74) is 0.420. The Balaban J connectivity index is 2.34. The van der Waals surface area contributed by atoms with E-state index >= 15 is 0 Å². The van der Waals surface area contributed by atoms with Crippen LogP contribution in [0.4, 0.5) is 0 Å². The number of carbonyl (C=O) groups excluding carboxylic acids is 1. The van der Waals surface area contributed by atoms with Crippen LogP contribution in [0.25, 0.3) is 0 Å². The fraction of sp³-hybridized carbons (Fsp3) is 0.500. The molecule has 89 valence electrons. The van der Waals surface area contributed by atoms with Crippen molar-refractivity contribution in [2.24, 2.45) is 0 Å². The lowest BCUT2D eigenvalue weighted by Crippen LogP contribution is -2.05. The van der Waals surface area contributed by atoms with Gasteiger partial charge in [-0.15, -0.1) is 0 Å². The van der Waals surface area contributed by atoms with E-state index in [-0.39, 0.29) is 12.6 Å². The predicted molar refractivity (Wildman–Crippen MR) is 58.7 cm³/mol. The standard InChI is InChI=1S/C12H17O4/c1-3-4-5-6-15-12(13)10-7-11(9-14-2)16-8-10/h7-8H,2-6,9H2,1H3. The lowest BCUT2D eigenvalue weighted by Gasteiger charge is -2.01. The third kappa shape index (κ3) is 4.06. The van der Waals surface area contributed by atoms with Crippen LogP contribution in [0.1, 0.15) is 42.3 Å². The van der Waals surface area contributed by atoms with Gasteiger partial charge in [0.1, 0.15) is 18.6 Å². The first kappa shape index (κ1) is 12.8. The highest BCUT2D eigenvalue weighted by Gasteiger charge is 2.11. The predicted octanol–water partition coefficient (Wildman–Crippen LogP) is 2.93. The molecule has 0 unspecified atom stereocenters. The van der Waals surface area contributed by atoms with Crippen molar-refractivity contribution < 1.29 is 18.7 Å². The van der Waals surface area contributed by atoms with Crippen molar-refractivity contribution in [2.75, 3.05) is 6.61 Å². The van der Waals surface area contributed by atoms with Gasteiger partial charge in [-0.2, -0.15) is 0 Å². The molecule has 0 aliphatic heterocycles. The van der Waals surface area contributed by atoms with Crippen molar-refractivity contribution in [3.8, 4) is 0 Å². The average molecular weight is 225 g/mol. The van der Waals surface area contributed by atoms with E-state index in [0.717, 1.165) is 19.3 Å². The van der Waals surface area contributed by atoms with Gasteiger partial charge in [0.15, 0.2) is 0 Å². The van der Waals surface area contributed by atoms with Gasteiger partial charge in [-0.25, -0.2) is 4.79 Å². The summed E-state index contributed by atoms with van der Waals surface area (Å²) < 4.78 is 14.8. The fourth-order valence-corrected chi connectivity index (χ4v) is 1.26. The molecule has 16 heavy (non-hydrogen) atoms. The van der Waals surface area contributed by atoms with Crippen LogP contribution in [0.5, 0.6) is 0 Å². The molecule has 0 aliphatic carbocycles. The first-order valence-electron chi connectivity index (χ1n) is 5.39. The van der Waals surface area contributed by atoms with Gasteiger partial charge in [-0.1, -0.05) is 19.8 Å². The molecule has 4 nitrogen and oxygen atoms in total. The Morgan fingerprint density at radius 3 is 3.00 bits per heavy atom. The molecule has 0 saturated heterocycles. The molecule has 0 aliphatic rings. The average Bonchev–Trinajstić information content (AvgIpc) is 2.73. The monoisotopic (exact) mass is 225 g/mol. The minimum Gasteiger partial charge on any atom is -0.466 e. The number of esters is 1. The van der Waals surface area contributed by atoms with Gasteiger partial charge in [0.05, 0.1) is 19.3 Å². The summed E-state index contributed by atoms with van der Waals surface area (Å²) in [5, 5.41) is 0. The largest absolute Gasteiger partial charge is 0.466 e. The molecular formula is C12H17O4. The second-order valence-corrected chi connectivity index (χ2v) is 3.49. The first-order valence-corrected chi connectivity index (χ1v) is 5.39. The van der Waals surface area contributed by atoms with Gasteiger partial charge in [0.2, 0.25) is 0 Å². The summed E-state index contributed by atoms with van der Waals surface area (Å²) >= 11 is 0. The molecule has 0 fully saturated rings. The summed E-state index contributed by atoms with van der Waals surface area (Å²) in [5.74, 6) is 0.214. The number of furan rings is 1. The Kier molecular flexibility index (Phi) is 5.64. The Labute approximate surface area is 95.5 Å². The van der Waals surface area contributed by atoms with Gasteiger partial charge in [-0.05, 0) is 12.5 Å². The van der Waals surface area contributed by atoms with E-state index in [1.165, 1.54) is 6.26 Å². The maximum atomic E-state index is 11.5. The van der Waals surface area contributed by atoms with E-state index in [1.807, 2.05) is 0 Å². The number of unbranched alkanes of at least 4 members (excludes halogenated alkanes) is 2. The van der Waals surface area contributed by atoms with Crippen LogP contribution in [-0.4, -0.2) is 12.6 Å². The number of ether oxygens (including phenoxy) is 2. The van der Waals surface area contributed by atoms with Crippen molar-refractivity contribution in [2.45, 2.75) is 32.8 Å². The maximum Gasteiger partial charge on any atom is 0.341 e. The van der Waals surface area contributed by atoms with Crippen LogP contribution in [0, 0.1) is 7.11 Å². The normalized spacial score (nSPS) is 10.4. The smallest absolute Gasteiger partial charge is 0.341 e. The molecule has 0 saturated carbocycles.